The Morgan fingerprint density at radius 2 is 2.04 bits per heavy atom. The van der Waals surface area contributed by atoms with E-state index < -0.39 is 18.6 Å². The molecule has 2 heterocycles. The normalized spacial score (nSPS) is 11.4. The lowest BCUT2D eigenvalue weighted by molar-refractivity contribution is -0.118. The molecule has 0 aliphatic carbocycles. The van der Waals surface area contributed by atoms with Crippen LogP contribution in [0.4, 0.5) is 19.0 Å². The van der Waals surface area contributed by atoms with Gasteiger partial charge in [-0.1, -0.05) is 6.07 Å². The highest BCUT2D eigenvalue weighted by atomic mass is 19.4. The van der Waals surface area contributed by atoms with Crippen LogP contribution in [0.2, 0.25) is 0 Å². The van der Waals surface area contributed by atoms with Crippen LogP contribution in [0.15, 0.2) is 42.9 Å². The maximum atomic E-state index is 12.9. The van der Waals surface area contributed by atoms with Crippen molar-refractivity contribution in [3.63, 3.8) is 0 Å². The molecule has 128 valence electrons. The van der Waals surface area contributed by atoms with Gasteiger partial charge in [0.1, 0.15) is 18.1 Å². The summed E-state index contributed by atoms with van der Waals surface area (Å²) in [6, 6.07) is 5.76. The van der Waals surface area contributed by atoms with Crippen LogP contribution in [0.3, 0.4) is 0 Å². The number of anilines is 1. The molecule has 2 rings (SSSR count). The fourth-order valence-electron chi connectivity index (χ4n) is 1.98. The Morgan fingerprint density at radius 1 is 1.29 bits per heavy atom. The predicted octanol–water partition coefficient (Wildman–Crippen LogP) is 3.47. The van der Waals surface area contributed by atoms with Crippen LogP contribution in [-0.4, -0.2) is 34.7 Å². The molecule has 5 nitrogen and oxygen atoms in total. The summed E-state index contributed by atoms with van der Waals surface area (Å²) in [5.74, 6) is -0.633. The summed E-state index contributed by atoms with van der Waals surface area (Å²) in [4.78, 5) is 20.8. The highest BCUT2D eigenvalue weighted by Crippen LogP contribution is 2.23. The van der Waals surface area contributed by atoms with Crippen molar-refractivity contribution in [3.05, 3.63) is 48.4 Å². The molecule has 8 heteroatoms. The van der Waals surface area contributed by atoms with Crippen molar-refractivity contribution in [2.45, 2.75) is 26.1 Å². The number of carbonyl (C=O) groups is 1. The Kier molecular flexibility index (Phi) is 5.38. The number of alkyl halides is 3. The number of aromatic nitrogens is 2. The molecular formula is C16H16F3N3O2. The molecule has 0 bridgehead atoms. The summed E-state index contributed by atoms with van der Waals surface area (Å²) in [7, 11) is 0. The van der Waals surface area contributed by atoms with Crippen molar-refractivity contribution in [1.82, 2.24) is 9.97 Å². The molecular weight excluding hydrogens is 323 g/mol. The summed E-state index contributed by atoms with van der Waals surface area (Å²) in [6.45, 7) is 2.13. The third-order valence-electron chi connectivity index (χ3n) is 2.84. The third-order valence-corrected chi connectivity index (χ3v) is 2.84. The second-order valence-corrected chi connectivity index (χ2v) is 5.27. The highest BCUT2D eigenvalue weighted by molar-refractivity contribution is 6.05. The molecule has 0 saturated carbocycles. The van der Waals surface area contributed by atoms with E-state index in [4.69, 9.17) is 4.74 Å². The van der Waals surface area contributed by atoms with Crippen molar-refractivity contribution in [2.24, 2.45) is 0 Å². The zero-order valence-electron chi connectivity index (χ0n) is 13.1. The van der Waals surface area contributed by atoms with E-state index in [2.05, 4.69) is 9.97 Å². The Balaban J connectivity index is 2.34. The Bertz CT molecular complexity index is 690. The van der Waals surface area contributed by atoms with E-state index in [1.165, 1.54) is 36.8 Å². The number of halogens is 3. The summed E-state index contributed by atoms with van der Waals surface area (Å²) >= 11 is 0. The van der Waals surface area contributed by atoms with Gasteiger partial charge in [-0.15, -0.1) is 0 Å². The number of hydrogen-bond acceptors (Lipinski definition) is 4. The van der Waals surface area contributed by atoms with Crippen LogP contribution in [0, 0.1) is 0 Å². The first kappa shape index (κ1) is 17.7. The van der Waals surface area contributed by atoms with Gasteiger partial charge in [0, 0.05) is 12.4 Å². The topological polar surface area (TPSA) is 55.3 Å². The largest absolute Gasteiger partial charge is 0.489 e. The van der Waals surface area contributed by atoms with Gasteiger partial charge < -0.3 is 4.74 Å². The molecule has 0 fully saturated rings. The molecule has 1 amide bonds. The number of amides is 1. The molecule has 2 aromatic rings. The summed E-state index contributed by atoms with van der Waals surface area (Å²) in [5, 5.41) is 0. The van der Waals surface area contributed by atoms with Gasteiger partial charge in [0.25, 0.3) is 5.91 Å². The standard InChI is InChI=1S/C16H16F3N3O2/c1-11(2)24-13-7-12(8-20-9-13)15(23)22(10-16(17,18)19)14-5-3-4-6-21-14/h3-9,11H,10H2,1-2H3. The van der Waals surface area contributed by atoms with Crippen LogP contribution in [0.1, 0.15) is 24.2 Å². The molecule has 24 heavy (non-hydrogen) atoms. The molecule has 0 atom stereocenters. The van der Waals surface area contributed by atoms with Crippen LogP contribution < -0.4 is 9.64 Å². The molecule has 2 aromatic heterocycles. The molecule has 0 spiro atoms. The lowest BCUT2D eigenvalue weighted by Crippen LogP contribution is -2.39. The van der Waals surface area contributed by atoms with E-state index in [9.17, 15) is 18.0 Å². The van der Waals surface area contributed by atoms with Crippen LogP contribution in [0.5, 0.6) is 5.75 Å². The van der Waals surface area contributed by atoms with E-state index >= 15 is 0 Å². The Hall–Kier alpha value is -2.64. The Morgan fingerprint density at radius 3 is 2.62 bits per heavy atom. The predicted molar refractivity (Wildman–Crippen MR) is 82.0 cm³/mol. The fourth-order valence-corrected chi connectivity index (χ4v) is 1.98. The minimum Gasteiger partial charge on any atom is -0.489 e. The summed E-state index contributed by atoms with van der Waals surface area (Å²) < 4.78 is 44.0. The third kappa shape index (κ3) is 4.94. The molecule has 0 aromatic carbocycles. The van der Waals surface area contributed by atoms with Crippen molar-refractivity contribution >= 4 is 11.7 Å². The van der Waals surface area contributed by atoms with Gasteiger partial charge in [0.2, 0.25) is 0 Å². The first-order valence-electron chi connectivity index (χ1n) is 7.17. The first-order chi connectivity index (χ1) is 11.3. The van der Waals surface area contributed by atoms with Gasteiger partial charge in [-0.3, -0.25) is 14.7 Å². The monoisotopic (exact) mass is 339 g/mol. The van der Waals surface area contributed by atoms with E-state index in [1.54, 1.807) is 19.9 Å². The van der Waals surface area contributed by atoms with Crippen molar-refractivity contribution in [2.75, 3.05) is 11.4 Å². The SMILES string of the molecule is CC(C)Oc1cncc(C(=O)N(CC(F)(F)F)c2ccccn2)c1. The maximum Gasteiger partial charge on any atom is 0.406 e. The molecule has 0 N–H and O–H groups in total. The lowest BCUT2D eigenvalue weighted by atomic mass is 10.2. The molecule has 0 saturated heterocycles. The van der Waals surface area contributed by atoms with Gasteiger partial charge in [0.05, 0.1) is 17.9 Å². The van der Waals surface area contributed by atoms with Gasteiger partial charge in [-0.25, -0.2) is 4.98 Å². The maximum absolute atomic E-state index is 12.9. The van der Waals surface area contributed by atoms with Crippen LogP contribution in [0.25, 0.3) is 0 Å². The molecule has 0 radical (unpaired) electrons. The van der Waals surface area contributed by atoms with E-state index in [-0.39, 0.29) is 17.5 Å². The van der Waals surface area contributed by atoms with Gasteiger partial charge in [-0.05, 0) is 32.0 Å². The minimum atomic E-state index is -4.56. The molecule has 0 aliphatic rings. The number of rotatable bonds is 5. The van der Waals surface area contributed by atoms with Crippen molar-refractivity contribution in [3.8, 4) is 5.75 Å². The number of pyridine rings is 2. The zero-order chi connectivity index (χ0) is 17.7. The average Bonchev–Trinajstić information content (AvgIpc) is 2.51. The van der Waals surface area contributed by atoms with E-state index in [0.29, 0.717) is 10.6 Å². The van der Waals surface area contributed by atoms with E-state index in [0.717, 1.165) is 0 Å². The van der Waals surface area contributed by atoms with Gasteiger partial charge in [0.15, 0.2) is 0 Å². The number of hydrogen-bond donors (Lipinski definition) is 0. The fraction of sp³-hybridized carbons (Fsp3) is 0.312. The number of ether oxygens (including phenoxy) is 1. The van der Waals surface area contributed by atoms with E-state index in [1.807, 2.05) is 0 Å². The van der Waals surface area contributed by atoms with Gasteiger partial charge >= 0.3 is 6.18 Å². The second kappa shape index (κ2) is 7.29. The number of carbonyl (C=O) groups excluding carboxylic acids is 1. The Labute approximate surface area is 137 Å². The number of nitrogens with zero attached hydrogens (tertiary/aromatic N) is 3. The zero-order valence-corrected chi connectivity index (χ0v) is 13.1. The second-order valence-electron chi connectivity index (χ2n) is 5.27. The quantitative estimate of drug-likeness (QED) is 0.837. The van der Waals surface area contributed by atoms with Gasteiger partial charge in [-0.2, -0.15) is 13.2 Å². The van der Waals surface area contributed by atoms with Crippen LogP contribution >= 0.6 is 0 Å². The lowest BCUT2D eigenvalue weighted by Gasteiger charge is -2.23. The smallest absolute Gasteiger partial charge is 0.406 e. The average molecular weight is 339 g/mol. The first-order valence-corrected chi connectivity index (χ1v) is 7.17. The molecule has 0 unspecified atom stereocenters. The molecule has 0 aliphatic heterocycles. The minimum absolute atomic E-state index is 0.0111. The van der Waals surface area contributed by atoms with Crippen LogP contribution in [-0.2, 0) is 0 Å². The summed E-state index contributed by atoms with van der Waals surface area (Å²) in [5.41, 5.74) is -0.0111. The van der Waals surface area contributed by atoms with Crippen molar-refractivity contribution < 1.29 is 22.7 Å². The summed E-state index contributed by atoms with van der Waals surface area (Å²) in [6.07, 6.45) is -0.804. The highest BCUT2D eigenvalue weighted by Gasteiger charge is 2.35. The van der Waals surface area contributed by atoms with Crippen molar-refractivity contribution in [1.29, 1.82) is 0 Å².